The van der Waals surface area contributed by atoms with Gasteiger partial charge in [-0.2, -0.15) is 0 Å². The van der Waals surface area contributed by atoms with E-state index in [0.29, 0.717) is 13.2 Å². The second-order valence-electron chi connectivity index (χ2n) is 4.76. The standard InChI is InChI=1S/C15H20N2O3/c1-11-4-6-14(20-11)12(2)16-13-5-7-15(18)17(10-13)8-9-19-3/h4-7,10,12,16H,8-9H2,1-3H3. The molecule has 0 aliphatic carbocycles. The van der Waals surface area contributed by atoms with Gasteiger partial charge >= 0.3 is 0 Å². The monoisotopic (exact) mass is 276 g/mol. The molecular formula is C15H20N2O3. The number of pyridine rings is 1. The van der Waals surface area contributed by atoms with Crippen LogP contribution in [-0.4, -0.2) is 18.3 Å². The van der Waals surface area contributed by atoms with Gasteiger partial charge in [0.05, 0.1) is 18.3 Å². The maximum atomic E-state index is 11.7. The van der Waals surface area contributed by atoms with Crippen molar-refractivity contribution in [1.29, 1.82) is 0 Å². The Balaban J connectivity index is 2.11. The van der Waals surface area contributed by atoms with Crippen molar-refractivity contribution in [1.82, 2.24) is 4.57 Å². The molecular weight excluding hydrogens is 256 g/mol. The van der Waals surface area contributed by atoms with Gasteiger partial charge in [-0.05, 0) is 32.0 Å². The number of methoxy groups -OCH3 is 1. The molecule has 5 nitrogen and oxygen atoms in total. The van der Waals surface area contributed by atoms with Crippen LogP contribution in [0.1, 0.15) is 24.5 Å². The second kappa shape index (κ2) is 6.43. The predicted octanol–water partition coefficient (Wildman–Crippen LogP) is 2.57. The highest BCUT2D eigenvalue weighted by atomic mass is 16.5. The fourth-order valence-corrected chi connectivity index (χ4v) is 1.99. The van der Waals surface area contributed by atoms with Crippen LogP contribution in [-0.2, 0) is 11.3 Å². The number of furan rings is 1. The van der Waals surface area contributed by atoms with Crippen LogP contribution < -0.4 is 10.9 Å². The molecule has 1 N–H and O–H groups in total. The topological polar surface area (TPSA) is 56.4 Å². The van der Waals surface area contributed by atoms with Crippen molar-refractivity contribution in [2.75, 3.05) is 19.0 Å². The summed E-state index contributed by atoms with van der Waals surface area (Å²) < 4.78 is 12.2. The highest BCUT2D eigenvalue weighted by Crippen LogP contribution is 2.20. The van der Waals surface area contributed by atoms with E-state index in [0.717, 1.165) is 17.2 Å². The van der Waals surface area contributed by atoms with Crippen molar-refractivity contribution >= 4 is 5.69 Å². The summed E-state index contributed by atoms with van der Waals surface area (Å²) in [7, 11) is 1.62. The molecule has 0 spiro atoms. The molecule has 0 aliphatic rings. The summed E-state index contributed by atoms with van der Waals surface area (Å²) in [5.74, 6) is 1.76. The van der Waals surface area contributed by atoms with E-state index in [-0.39, 0.29) is 11.6 Å². The predicted molar refractivity (Wildman–Crippen MR) is 78.1 cm³/mol. The molecule has 5 heteroatoms. The molecule has 2 aromatic rings. The maximum Gasteiger partial charge on any atom is 0.250 e. The first-order valence-electron chi connectivity index (χ1n) is 6.62. The van der Waals surface area contributed by atoms with Crippen molar-refractivity contribution in [3.8, 4) is 0 Å². The van der Waals surface area contributed by atoms with E-state index in [2.05, 4.69) is 5.32 Å². The minimum Gasteiger partial charge on any atom is -0.464 e. The number of aromatic nitrogens is 1. The maximum absolute atomic E-state index is 11.7. The average Bonchev–Trinajstić information content (AvgIpc) is 2.86. The van der Waals surface area contributed by atoms with Gasteiger partial charge in [0.25, 0.3) is 5.56 Å². The van der Waals surface area contributed by atoms with Crippen LogP contribution in [0.5, 0.6) is 0 Å². The third kappa shape index (κ3) is 3.51. The zero-order chi connectivity index (χ0) is 14.5. The van der Waals surface area contributed by atoms with Gasteiger partial charge in [0.15, 0.2) is 0 Å². The molecule has 20 heavy (non-hydrogen) atoms. The quantitative estimate of drug-likeness (QED) is 0.881. The lowest BCUT2D eigenvalue weighted by atomic mass is 10.2. The Morgan fingerprint density at radius 1 is 1.35 bits per heavy atom. The molecule has 2 rings (SSSR count). The fourth-order valence-electron chi connectivity index (χ4n) is 1.99. The molecule has 0 saturated heterocycles. The SMILES string of the molecule is COCCn1cc(NC(C)c2ccc(C)o2)ccc1=O. The zero-order valence-corrected chi connectivity index (χ0v) is 12.1. The van der Waals surface area contributed by atoms with Crippen LogP contribution >= 0.6 is 0 Å². The van der Waals surface area contributed by atoms with Crippen molar-refractivity contribution in [2.24, 2.45) is 0 Å². The van der Waals surface area contributed by atoms with Crippen molar-refractivity contribution in [2.45, 2.75) is 26.4 Å². The highest BCUT2D eigenvalue weighted by Gasteiger charge is 2.09. The van der Waals surface area contributed by atoms with Crippen molar-refractivity contribution in [3.05, 3.63) is 52.3 Å². The van der Waals surface area contributed by atoms with Gasteiger partial charge in [-0.25, -0.2) is 0 Å². The number of aryl methyl sites for hydroxylation is 1. The highest BCUT2D eigenvalue weighted by molar-refractivity contribution is 5.42. The summed E-state index contributed by atoms with van der Waals surface area (Å²) in [6.45, 7) is 4.99. The Kier molecular flexibility index (Phi) is 4.63. The lowest BCUT2D eigenvalue weighted by Gasteiger charge is -2.14. The van der Waals surface area contributed by atoms with Crippen LogP contribution in [0.3, 0.4) is 0 Å². The third-order valence-corrected chi connectivity index (χ3v) is 3.09. The molecule has 0 aliphatic heterocycles. The molecule has 0 amide bonds. The summed E-state index contributed by atoms with van der Waals surface area (Å²) in [5, 5.41) is 3.32. The van der Waals surface area contributed by atoms with Crippen molar-refractivity contribution in [3.63, 3.8) is 0 Å². The zero-order valence-electron chi connectivity index (χ0n) is 12.1. The number of hydrogen-bond donors (Lipinski definition) is 1. The first kappa shape index (κ1) is 14.4. The van der Waals surface area contributed by atoms with E-state index in [1.165, 1.54) is 0 Å². The minimum atomic E-state index is -0.0332. The largest absolute Gasteiger partial charge is 0.464 e. The van der Waals surface area contributed by atoms with Crippen LogP contribution in [0.25, 0.3) is 0 Å². The first-order chi connectivity index (χ1) is 9.60. The van der Waals surface area contributed by atoms with Gasteiger partial charge in [0, 0.05) is 25.9 Å². The second-order valence-corrected chi connectivity index (χ2v) is 4.76. The molecule has 0 fully saturated rings. The lowest BCUT2D eigenvalue weighted by Crippen LogP contribution is -2.21. The Morgan fingerprint density at radius 2 is 2.15 bits per heavy atom. The number of nitrogens with zero attached hydrogens (tertiary/aromatic N) is 1. The van der Waals surface area contributed by atoms with Crippen LogP contribution in [0.4, 0.5) is 5.69 Å². The summed E-state index contributed by atoms with van der Waals surface area (Å²) in [4.78, 5) is 11.7. The van der Waals surface area contributed by atoms with Gasteiger partial charge in [-0.3, -0.25) is 4.79 Å². The molecule has 1 unspecified atom stereocenters. The lowest BCUT2D eigenvalue weighted by molar-refractivity contribution is 0.186. The first-order valence-corrected chi connectivity index (χ1v) is 6.62. The number of ether oxygens (including phenoxy) is 1. The molecule has 108 valence electrons. The number of rotatable bonds is 6. The van der Waals surface area contributed by atoms with Crippen LogP contribution in [0, 0.1) is 6.92 Å². The van der Waals surface area contributed by atoms with E-state index in [9.17, 15) is 4.79 Å². The Morgan fingerprint density at radius 3 is 2.80 bits per heavy atom. The molecule has 2 heterocycles. The molecule has 0 radical (unpaired) electrons. The fraction of sp³-hybridized carbons (Fsp3) is 0.400. The third-order valence-electron chi connectivity index (χ3n) is 3.09. The number of hydrogen-bond acceptors (Lipinski definition) is 4. The van der Waals surface area contributed by atoms with Crippen molar-refractivity contribution < 1.29 is 9.15 Å². The minimum absolute atomic E-state index is 0.0332. The molecule has 2 aromatic heterocycles. The Hall–Kier alpha value is -2.01. The summed E-state index contributed by atoms with van der Waals surface area (Å²) in [6, 6.07) is 7.26. The molecule has 0 aromatic carbocycles. The Labute approximate surface area is 118 Å². The smallest absolute Gasteiger partial charge is 0.250 e. The Bertz CT molecular complexity index is 616. The molecule has 0 saturated carbocycles. The van der Waals surface area contributed by atoms with E-state index in [1.807, 2.05) is 26.0 Å². The van der Waals surface area contributed by atoms with E-state index in [4.69, 9.17) is 9.15 Å². The average molecular weight is 276 g/mol. The summed E-state index contributed by atoms with van der Waals surface area (Å²) in [5.41, 5.74) is 0.844. The summed E-state index contributed by atoms with van der Waals surface area (Å²) >= 11 is 0. The van der Waals surface area contributed by atoms with E-state index >= 15 is 0 Å². The van der Waals surface area contributed by atoms with Crippen LogP contribution in [0.15, 0.2) is 39.7 Å². The number of nitrogens with one attached hydrogen (secondary N) is 1. The normalized spacial score (nSPS) is 12.3. The molecule has 0 bridgehead atoms. The van der Waals surface area contributed by atoms with Gasteiger partial charge in [0.1, 0.15) is 11.5 Å². The molecule has 1 atom stereocenters. The van der Waals surface area contributed by atoms with Gasteiger partial charge in [0.2, 0.25) is 0 Å². The van der Waals surface area contributed by atoms with Crippen LogP contribution in [0.2, 0.25) is 0 Å². The van der Waals surface area contributed by atoms with E-state index in [1.54, 1.807) is 30.0 Å². The van der Waals surface area contributed by atoms with Gasteiger partial charge in [-0.15, -0.1) is 0 Å². The number of anilines is 1. The van der Waals surface area contributed by atoms with E-state index < -0.39 is 0 Å². The van der Waals surface area contributed by atoms with Gasteiger partial charge in [-0.1, -0.05) is 0 Å². The summed E-state index contributed by atoms with van der Waals surface area (Å²) in [6.07, 6.45) is 1.80. The van der Waals surface area contributed by atoms with Gasteiger partial charge < -0.3 is 19.0 Å².